The normalized spacial score (nSPS) is 32.7. The molecule has 2 aromatic rings. The van der Waals surface area contributed by atoms with E-state index in [1.165, 1.54) is 46.1 Å². The Balaban J connectivity index is 0.00000387. The van der Waals surface area contributed by atoms with Gasteiger partial charge >= 0.3 is 0 Å². The molecule has 2 aromatic carbocycles. The highest BCUT2D eigenvalue weighted by atomic mass is 79.9. The monoisotopic (exact) mass is 625 g/mol. The fourth-order valence-corrected chi connectivity index (χ4v) is 9.29. The smallest absolute Gasteiger partial charge is 0.128 e. The van der Waals surface area contributed by atoms with Crippen LogP contribution in [0.1, 0.15) is 104 Å². The molecule has 4 heteroatoms. The minimum atomic E-state index is -0.113. The van der Waals surface area contributed by atoms with Crippen molar-refractivity contribution in [3.8, 4) is 5.75 Å². The predicted molar refractivity (Wildman–Crippen MR) is 167 cm³/mol. The molecule has 3 nitrogen and oxygen atoms in total. The molecule has 2 heterocycles. The van der Waals surface area contributed by atoms with Crippen molar-refractivity contribution in [3.05, 3.63) is 64.7 Å². The van der Waals surface area contributed by atoms with Gasteiger partial charge in [-0.3, -0.25) is 0 Å². The Hall–Kier alpha value is -1.36. The Morgan fingerprint density at radius 2 is 1.49 bits per heavy atom. The first-order chi connectivity index (χ1) is 18.6. The van der Waals surface area contributed by atoms with Crippen LogP contribution in [0.25, 0.3) is 0 Å². The van der Waals surface area contributed by atoms with Gasteiger partial charge in [0.2, 0.25) is 0 Å². The highest BCUT2D eigenvalue weighted by Gasteiger charge is 2.78. The number of quaternary nitrogens is 1. The zero-order valence-electron chi connectivity index (χ0n) is 27.7. The summed E-state index contributed by atoms with van der Waals surface area (Å²) in [4.78, 5) is 0. The highest BCUT2D eigenvalue weighted by Crippen LogP contribution is 2.67. The van der Waals surface area contributed by atoms with Crippen LogP contribution in [0.15, 0.2) is 42.5 Å². The molecule has 0 radical (unpaired) electrons. The second-order valence-electron chi connectivity index (χ2n) is 16.2. The van der Waals surface area contributed by atoms with E-state index in [0.717, 1.165) is 30.7 Å². The first kappa shape index (κ1) is 32.6. The van der Waals surface area contributed by atoms with Crippen molar-refractivity contribution in [2.75, 3.05) is 20.2 Å². The predicted octanol–water partition coefficient (Wildman–Crippen LogP) is 5.67. The van der Waals surface area contributed by atoms with Gasteiger partial charge in [-0.15, -0.1) is 0 Å². The molecule has 3 aliphatic rings. The van der Waals surface area contributed by atoms with Crippen LogP contribution in [0.3, 0.4) is 0 Å². The maximum Gasteiger partial charge on any atom is 0.128 e. The Morgan fingerprint density at radius 3 is 2.00 bits per heavy atom. The summed E-state index contributed by atoms with van der Waals surface area (Å²) in [6, 6.07) is 16.0. The van der Waals surface area contributed by atoms with Crippen LogP contribution < -0.4 is 21.7 Å². The van der Waals surface area contributed by atoms with Crippen molar-refractivity contribution < 1.29 is 30.9 Å². The SMILES string of the molecule is COc1ccc(CO[C@]2(C(C)C)C[N@+]3(Cc4cc(C(C)(C)C)cc(C(C)(C)C)c4)C[C@@H](C)[C@@H]4CC[C@H]2[C@@]43C)cc1.[Br-]. The van der Waals surface area contributed by atoms with Crippen LogP contribution in [0, 0.1) is 23.7 Å². The van der Waals surface area contributed by atoms with Gasteiger partial charge in [-0.05, 0) is 77.5 Å². The minimum absolute atomic E-state index is 0. The summed E-state index contributed by atoms with van der Waals surface area (Å²) >= 11 is 0. The van der Waals surface area contributed by atoms with E-state index in [4.69, 9.17) is 9.47 Å². The van der Waals surface area contributed by atoms with Gasteiger partial charge in [0.15, 0.2) is 0 Å². The van der Waals surface area contributed by atoms with Gasteiger partial charge in [0.1, 0.15) is 30.0 Å². The van der Waals surface area contributed by atoms with Gasteiger partial charge in [0, 0.05) is 23.3 Å². The summed E-state index contributed by atoms with van der Waals surface area (Å²) in [7, 11) is 1.73. The standard InChI is InChI=1S/C37H56NO2.BrH/c1-25(2)37(40-23-27-12-14-31(39-11)15-13-27)24-38(21-26(3)32-16-17-33(37)36(32,38)10)22-28-18-29(34(4,5)6)20-30(19-28)35(7,8)9;/h12-15,18-20,25-26,32-33H,16-17,21-24H2,1-11H3;1H/q+1;/p-1/t26-,32+,33+,36-,37+,38-;/m1./s1. The number of rotatable bonds is 7. The fraction of sp³-hybridized carbons (Fsp3) is 0.676. The van der Waals surface area contributed by atoms with Crippen LogP contribution >= 0.6 is 0 Å². The summed E-state index contributed by atoms with van der Waals surface area (Å²) in [5.41, 5.74) is 6.09. The lowest BCUT2D eigenvalue weighted by Crippen LogP contribution is -3.00. The van der Waals surface area contributed by atoms with E-state index in [1.54, 1.807) is 7.11 Å². The number of hydrogen-bond acceptors (Lipinski definition) is 2. The molecule has 0 spiro atoms. The van der Waals surface area contributed by atoms with Crippen LogP contribution in [-0.2, 0) is 28.7 Å². The maximum absolute atomic E-state index is 7.24. The lowest BCUT2D eigenvalue weighted by Gasteiger charge is -2.44. The summed E-state index contributed by atoms with van der Waals surface area (Å²) < 4.78 is 13.8. The van der Waals surface area contributed by atoms with E-state index in [1.807, 2.05) is 0 Å². The number of nitrogens with zero attached hydrogens (tertiary/aromatic N) is 1. The Morgan fingerprint density at radius 1 is 0.902 bits per heavy atom. The average Bonchev–Trinajstić information content (AvgIpc) is 3.41. The number of methoxy groups -OCH3 is 1. The molecule has 0 N–H and O–H groups in total. The fourth-order valence-electron chi connectivity index (χ4n) is 9.29. The zero-order valence-corrected chi connectivity index (χ0v) is 29.3. The van der Waals surface area contributed by atoms with Crippen LogP contribution in [0.4, 0.5) is 0 Å². The molecule has 0 unspecified atom stereocenters. The van der Waals surface area contributed by atoms with Crippen molar-refractivity contribution in [2.45, 2.75) is 117 Å². The lowest BCUT2D eigenvalue weighted by atomic mass is 9.72. The number of ether oxygens (including phenoxy) is 2. The third kappa shape index (κ3) is 5.33. The number of halogens is 1. The molecule has 1 saturated carbocycles. The molecule has 0 amide bonds. The molecule has 0 aromatic heterocycles. The van der Waals surface area contributed by atoms with Crippen molar-refractivity contribution in [1.82, 2.24) is 0 Å². The topological polar surface area (TPSA) is 18.5 Å². The summed E-state index contributed by atoms with van der Waals surface area (Å²) in [5, 5.41) is 0. The highest BCUT2D eigenvalue weighted by molar-refractivity contribution is 5.37. The molecular formula is C37H56BrNO2. The van der Waals surface area contributed by atoms with Crippen molar-refractivity contribution in [3.63, 3.8) is 0 Å². The molecule has 3 fully saturated rings. The molecule has 2 saturated heterocycles. The van der Waals surface area contributed by atoms with E-state index in [9.17, 15) is 0 Å². The van der Waals surface area contributed by atoms with Gasteiger partial charge in [-0.1, -0.05) is 80.5 Å². The lowest BCUT2D eigenvalue weighted by molar-refractivity contribution is -0.968. The van der Waals surface area contributed by atoms with E-state index in [2.05, 4.69) is 112 Å². The third-order valence-electron chi connectivity index (χ3n) is 11.6. The second kappa shape index (κ2) is 11.0. The van der Waals surface area contributed by atoms with Crippen molar-refractivity contribution >= 4 is 0 Å². The Bertz CT molecular complexity index is 1190. The van der Waals surface area contributed by atoms with E-state index < -0.39 is 0 Å². The molecule has 6 atom stereocenters. The minimum Gasteiger partial charge on any atom is -1.00 e. The molecule has 2 aliphatic heterocycles. The average molecular weight is 627 g/mol. The van der Waals surface area contributed by atoms with Crippen LogP contribution in [-0.4, -0.2) is 35.8 Å². The van der Waals surface area contributed by atoms with Crippen LogP contribution in [0.5, 0.6) is 5.75 Å². The molecule has 41 heavy (non-hydrogen) atoms. The number of hydrogen-bond donors (Lipinski definition) is 0. The van der Waals surface area contributed by atoms with Crippen LogP contribution in [0.2, 0.25) is 0 Å². The quantitative estimate of drug-likeness (QED) is 0.369. The summed E-state index contributed by atoms with van der Waals surface area (Å²) in [6.07, 6.45) is 2.64. The van der Waals surface area contributed by atoms with E-state index in [-0.39, 0.29) is 39.0 Å². The Labute approximate surface area is 261 Å². The van der Waals surface area contributed by atoms with Gasteiger partial charge in [-0.25, -0.2) is 0 Å². The molecule has 0 bridgehead atoms. The zero-order chi connectivity index (χ0) is 29.3. The third-order valence-corrected chi connectivity index (χ3v) is 11.6. The van der Waals surface area contributed by atoms with Gasteiger partial charge in [-0.2, -0.15) is 0 Å². The van der Waals surface area contributed by atoms with Gasteiger partial charge in [0.25, 0.3) is 0 Å². The van der Waals surface area contributed by atoms with E-state index >= 15 is 0 Å². The molecule has 5 rings (SSSR count). The number of benzene rings is 2. The first-order valence-electron chi connectivity index (χ1n) is 15.8. The van der Waals surface area contributed by atoms with Crippen molar-refractivity contribution in [2.24, 2.45) is 23.7 Å². The molecule has 1 aliphatic carbocycles. The van der Waals surface area contributed by atoms with E-state index in [0.29, 0.717) is 18.4 Å². The largest absolute Gasteiger partial charge is 1.00 e. The molecule has 228 valence electrons. The van der Waals surface area contributed by atoms with Gasteiger partial charge in [0.05, 0.1) is 20.3 Å². The maximum atomic E-state index is 7.24. The second-order valence-corrected chi connectivity index (χ2v) is 16.2. The van der Waals surface area contributed by atoms with Crippen molar-refractivity contribution in [1.29, 1.82) is 0 Å². The Kier molecular flexibility index (Phi) is 8.71. The first-order valence-corrected chi connectivity index (χ1v) is 15.8. The summed E-state index contributed by atoms with van der Waals surface area (Å²) in [5.74, 6) is 3.49. The molecular weight excluding hydrogens is 570 g/mol. The van der Waals surface area contributed by atoms with Gasteiger partial charge < -0.3 is 30.9 Å². The summed E-state index contributed by atoms with van der Waals surface area (Å²) in [6.45, 7) is 28.4.